The number of esters is 2. The van der Waals surface area contributed by atoms with Gasteiger partial charge in [0, 0.05) is 7.11 Å². The monoisotopic (exact) mass is 453 g/mol. The normalized spacial score (nSPS) is 15.5. The Morgan fingerprint density at radius 2 is 1.72 bits per heavy atom. The predicted molar refractivity (Wildman–Crippen MR) is 115 cm³/mol. The van der Waals surface area contributed by atoms with Crippen LogP contribution >= 0.6 is 0 Å². The van der Waals surface area contributed by atoms with Gasteiger partial charge in [0.1, 0.15) is 24.7 Å². The van der Waals surface area contributed by atoms with Crippen LogP contribution in [0.3, 0.4) is 0 Å². The summed E-state index contributed by atoms with van der Waals surface area (Å²) in [6.45, 7) is 6.77. The zero-order valence-electron chi connectivity index (χ0n) is 18.8. The highest BCUT2D eigenvalue weighted by Gasteiger charge is 2.33. The summed E-state index contributed by atoms with van der Waals surface area (Å²) < 4.78 is 17.6. The largest absolute Gasteiger partial charge is 0.462 e. The molecule has 178 valence electrons. The summed E-state index contributed by atoms with van der Waals surface area (Å²) in [7, 11) is 1.31. The van der Waals surface area contributed by atoms with Gasteiger partial charge in [0.2, 0.25) is 12.2 Å². The molecule has 0 amide bonds. The molecule has 13 heteroatoms. The molecule has 0 aliphatic heterocycles. The van der Waals surface area contributed by atoms with Gasteiger partial charge < -0.3 is 36.0 Å². The van der Waals surface area contributed by atoms with Crippen LogP contribution in [0.5, 0.6) is 0 Å². The minimum Gasteiger partial charge on any atom is -0.462 e. The number of rotatable bonds is 10. The van der Waals surface area contributed by atoms with E-state index >= 15 is 0 Å². The molecule has 0 aliphatic rings. The van der Waals surface area contributed by atoms with Crippen molar-refractivity contribution in [2.45, 2.75) is 52.1 Å². The molecule has 2 heterocycles. The summed E-state index contributed by atoms with van der Waals surface area (Å²) in [4.78, 5) is 47.5. The Morgan fingerprint density at radius 1 is 1.12 bits per heavy atom. The molecule has 32 heavy (non-hydrogen) atoms. The van der Waals surface area contributed by atoms with Crippen molar-refractivity contribution in [1.29, 1.82) is 0 Å². The number of nitrogen functional groups attached to an aromatic ring is 1. The predicted octanol–water partition coefficient (Wildman–Crippen LogP) is -0.732. The molecule has 0 saturated heterocycles. The molecular weight excluding hydrogens is 422 g/mol. The van der Waals surface area contributed by atoms with Crippen LogP contribution in [0.4, 0.5) is 5.95 Å². The first-order valence-electron chi connectivity index (χ1n) is 10.1. The highest BCUT2D eigenvalue weighted by Crippen LogP contribution is 2.22. The minimum atomic E-state index is -1.25. The van der Waals surface area contributed by atoms with Crippen molar-refractivity contribution in [3.05, 3.63) is 16.7 Å². The molecule has 2 unspecified atom stereocenters. The van der Waals surface area contributed by atoms with Crippen LogP contribution in [0, 0.1) is 11.8 Å². The second-order valence-corrected chi connectivity index (χ2v) is 8.05. The maximum absolute atomic E-state index is 12.5. The maximum Gasteiger partial charge on any atom is 0.325 e. The number of imidazole rings is 1. The van der Waals surface area contributed by atoms with Gasteiger partial charge in [-0.1, -0.05) is 27.7 Å². The SMILES string of the molecule is COC(OC(=O)[C@@H](N)C(C)C)C(COC(=O)[C@@H](N)C(C)C)n1cnc2c(=O)[nH]c(N)nc21. The van der Waals surface area contributed by atoms with E-state index in [2.05, 4.69) is 15.0 Å². The molecule has 13 nitrogen and oxygen atoms in total. The van der Waals surface area contributed by atoms with Crippen LogP contribution < -0.4 is 22.8 Å². The van der Waals surface area contributed by atoms with Crippen LogP contribution in [0.2, 0.25) is 0 Å². The number of ether oxygens (including phenoxy) is 3. The molecule has 2 rings (SSSR count). The van der Waals surface area contributed by atoms with Gasteiger partial charge in [-0.15, -0.1) is 0 Å². The number of hydrogen-bond acceptors (Lipinski definition) is 11. The summed E-state index contributed by atoms with van der Waals surface area (Å²) in [5.41, 5.74) is 16.9. The van der Waals surface area contributed by atoms with E-state index < -0.39 is 41.9 Å². The third-order valence-corrected chi connectivity index (χ3v) is 4.96. The summed E-state index contributed by atoms with van der Waals surface area (Å²) in [5, 5.41) is 0. The second-order valence-electron chi connectivity index (χ2n) is 8.05. The van der Waals surface area contributed by atoms with Gasteiger partial charge in [0.25, 0.3) is 5.56 Å². The van der Waals surface area contributed by atoms with Crippen LogP contribution in [-0.4, -0.2) is 63.5 Å². The summed E-state index contributed by atoms with van der Waals surface area (Å²) in [6.07, 6.45) is 0.0326. The number of carbonyl (C=O) groups is 2. The van der Waals surface area contributed by atoms with Crippen molar-refractivity contribution >= 4 is 29.1 Å². The number of anilines is 1. The first kappa shape index (κ1) is 25.2. The molecule has 0 spiro atoms. The third-order valence-electron chi connectivity index (χ3n) is 4.96. The average Bonchev–Trinajstić information content (AvgIpc) is 3.15. The van der Waals surface area contributed by atoms with E-state index in [1.165, 1.54) is 18.0 Å². The number of nitrogens with one attached hydrogen (secondary N) is 1. The Hall–Kier alpha value is -3.03. The number of aromatic amines is 1. The highest BCUT2D eigenvalue weighted by atomic mass is 16.7. The van der Waals surface area contributed by atoms with Gasteiger partial charge in [-0.05, 0) is 11.8 Å². The molecule has 0 aromatic carbocycles. The Labute approximate surface area is 184 Å². The Bertz CT molecular complexity index is 1000. The molecule has 0 saturated carbocycles. The van der Waals surface area contributed by atoms with E-state index in [9.17, 15) is 14.4 Å². The van der Waals surface area contributed by atoms with Crippen molar-refractivity contribution in [2.24, 2.45) is 23.3 Å². The molecule has 4 atom stereocenters. The van der Waals surface area contributed by atoms with E-state index in [0.29, 0.717) is 0 Å². The summed E-state index contributed by atoms with van der Waals surface area (Å²) in [6, 6.07) is -2.73. The van der Waals surface area contributed by atoms with Crippen molar-refractivity contribution < 1.29 is 23.8 Å². The molecule has 0 bridgehead atoms. The summed E-state index contributed by atoms with van der Waals surface area (Å²) in [5.74, 6) is -1.85. The first-order chi connectivity index (χ1) is 15.0. The van der Waals surface area contributed by atoms with Crippen molar-refractivity contribution in [3.63, 3.8) is 0 Å². The number of carbonyl (C=O) groups excluding carboxylic acids is 2. The standard InChI is InChI=1S/C19H31N7O6/c1-8(2)11(20)16(28)31-6-10(18(30-5)32-17(29)12(21)9(3)4)26-7-23-13-14(26)24-19(22)25-15(13)27/h7-12,18H,6,20-21H2,1-5H3,(H3,22,24,25,27)/t10?,11-,12-,18?/m0/s1. The van der Waals surface area contributed by atoms with Gasteiger partial charge in [-0.25, -0.2) is 4.98 Å². The van der Waals surface area contributed by atoms with E-state index in [-0.39, 0.29) is 35.6 Å². The number of hydrogen-bond donors (Lipinski definition) is 4. The summed E-state index contributed by atoms with van der Waals surface area (Å²) >= 11 is 0. The van der Waals surface area contributed by atoms with E-state index in [1.54, 1.807) is 27.7 Å². The van der Waals surface area contributed by atoms with Crippen LogP contribution in [0.25, 0.3) is 11.2 Å². The molecule has 0 radical (unpaired) electrons. The molecule has 2 aromatic rings. The van der Waals surface area contributed by atoms with Crippen molar-refractivity contribution in [3.8, 4) is 0 Å². The Kier molecular flexibility index (Phi) is 8.30. The second kappa shape index (κ2) is 10.5. The number of nitrogens with two attached hydrogens (primary N) is 3. The fourth-order valence-electron chi connectivity index (χ4n) is 2.76. The van der Waals surface area contributed by atoms with Crippen LogP contribution in [-0.2, 0) is 23.8 Å². The maximum atomic E-state index is 12.5. The third kappa shape index (κ3) is 5.60. The van der Waals surface area contributed by atoms with Gasteiger partial charge in [0.15, 0.2) is 11.2 Å². The lowest BCUT2D eigenvalue weighted by atomic mass is 10.1. The van der Waals surface area contributed by atoms with E-state index in [4.69, 9.17) is 31.4 Å². The lowest BCUT2D eigenvalue weighted by Crippen LogP contribution is -2.43. The molecular formula is C19H31N7O6. The van der Waals surface area contributed by atoms with Gasteiger partial charge in [0.05, 0.1) is 6.33 Å². The van der Waals surface area contributed by atoms with E-state index in [1.807, 2.05) is 0 Å². The fourth-order valence-corrected chi connectivity index (χ4v) is 2.76. The fraction of sp³-hybridized carbons (Fsp3) is 0.632. The molecule has 0 aliphatic carbocycles. The van der Waals surface area contributed by atoms with Crippen molar-refractivity contribution in [1.82, 2.24) is 19.5 Å². The molecule has 0 fully saturated rings. The zero-order valence-corrected chi connectivity index (χ0v) is 18.8. The van der Waals surface area contributed by atoms with Crippen molar-refractivity contribution in [2.75, 3.05) is 19.5 Å². The topological polar surface area (TPSA) is 203 Å². The first-order valence-corrected chi connectivity index (χ1v) is 10.1. The number of nitrogens with zero attached hydrogens (tertiary/aromatic N) is 3. The lowest BCUT2D eigenvalue weighted by Gasteiger charge is -2.28. The Morgan fingerprint density at radius 3 is 2.28 bits per heavy atom. The van der Waals surface area contributed by atoms with Gasteiger partial charge in [-0.3, -0.25) is 19.4 Å². The highest BCUT2D eigenvalue weighted by molar-refractivity contribution is 5.76. The number of H-pyrrole nitrogens is 1. The Balaban J connectivity index is 2.44. The quantitative estimate of drug-likeness (QED) is 0.261. The van der Waals surface area contributed by atoms with Gasteiger partial charge >= 0.3 is 11.9 Å². The molecule has 2 aromatic heterocycles. The zero-order chi connectivity index (χ0) is 24.2. The van der Waals surface area contributed by atoms with Crippen LogP contribution in [0.15, 0.2) is 11.1 Å². The van der Waals surface area contributed by atoms with Gasteiger partial charge in [-0.2, -0.15) is 4.98 Å². The number of aromatic nitrogens is 4. The minimum absolute atomic E-state index is 0.00512. The smallest absolute Gasteiger partial charge is 0.325 e. The number of fused-ring (bicyclic) bond motifs is 1. The average molecular weight is 454 g/mol. The van der Waals surface area contributed by atoms with E-state index in [0.717, 1.165) is 0 Å². The number of methoxy groups -OCH3 is 1. The molecule has 7 N–H and O–H groups in total. The lowest BCUT2D eigenvalue weighted by molar-refractivity contribution is -0.189. The van der Waals surface area contributed by atoms with Crippen LogP contribution in [0.1, 0.15) is 33.7 Å².